The van der Waals surface area contributed by atoms with Gasteiger partial charge in [-0.05, 0) is 55.7 Å². The smallest absolute Gasteiger partial charge is 0.271 e. The first-order valence-electron chi connectivity index (χ1n) is 8.23. The number of ether oxygens (including phenoxy) is 1. The highest BCUT2D eigenvalue weighted by atomic mass is 16.5. The first-order valence-corrected chi connectivity index (χ1v) is 8.23. The third kappa shape index (κ3) is 5.23. The van der Waals surface area contributed by atoms with Gasteiger partial charge < -0.3 is 4.74 Å². The highest BCUT2D eigenvalue weighted by Crippen LogP contribution is 2.13. The van der Waals surface area contributed by atoms with Crippen LogP contribution in [0.1, 0.15) is 46.8 Å². The van der Waals surface area contributed by atoms with E-state index in [-0.39, 0.29) is 5.91 Å². The lowest BCUT2D eigenvalue weighted by atomic mass is 10.1. The normalized spacial score (nSPS) is 10.8. The largest absolute Gasteiger partial charge is 0.494 e. The van der Waals surface area contributed by atoms with Gasteiger partial charge in [-0.1, -0.05) is 37.1 Å². The van der Waals surface area contributed by atoms with Gasteiger partial charge >= 0.3 is 0 Å². The van der Waals surface area contributed by atoms with Crippen molar-refractivity contribution in [1.82, 2.24) is 5.43 Å². The van der Waals surface area contributed by atoms with Gasteiger partial charge in [-0.3, -0.25) is 4.79 Å². The maximum absolute atomic E-state index is 12.1. The van der Waals surface area contributed by atoms with E-state index in [1.165, 1.54) is 5.56 Å². The van der Waals surface area contributed by atoms with Crippen LogP contribution < -0.4 is 10.2 Å². The Morgan fingerprint density at radius 2 is 1.92 bits per heavy atom. The van der Waals surface area contributed by atoms with Crippen molar-refractivity contribution in [1.29, 1.82) is 0 Å². The highest BCUT2D eigenvalue weighted by Gasteiger charge is 2.04. The van der Waals surface area contributed by atoms with E-state index < -0.39 is 0 Å². The lowest BCUT2D eigenvalue weighted by Crippen LogP contribution is -2.17. The standard InChI is InChI=1S/C20H24N2O2/c1-4-5-12-24-19-10-8-17(9-11-19)20(23)22-21-14-18-7-6-15(2)13-16(18)3/h6-11,13-14H,4-5,12H2,1-3H3,(H,22,23)/b21-14-. The third-order valence-electron chi connectivity index (χ3n) is 3.68. The van der Waals surface area contributed by atoms with Crippen LogP contribution in [0.5, 0.6) is 5.75 Å². The fourth-order valence-electron chi connectivity index (χ4n) is 2.23. The van der Waals surface area contributed by atoms with Crippen molar-refractivity contribution in [3.05, 3.63) is 64.7 Å². The topological polar surface area (TPSA) is 50.7 Å². The molecule has 2 aromatic rings. The molecular formula is C20H24N2O2. The number of hydrazone groups is 1. The maximum atomic E-state index is 12.1. The molecule has 0 aromatic heterocycles. The van der Waals surface area contributed by atoms with E-state index in [1.807, 2.05) is 26.0 Å². The van der Waals surface area contributed by atoms with Crippen LogP contribution in [0.3, 0.4) is 0 Å². The minimum Gasteiger partial charge on any atom is -0.494 e. The molecule has 2 rings (SSSR count). The molecule has 1 amide bonds. The Morgan fingerprint density at radius 3 is 2.58 bits per heavy atom. The molecule has 0 aliphatic carbocycles. The average Bonchev–Trinajstić information content (AvgIpc) is 2.57. The van der Waals surface area contributed by atoms with Crippen LogP contribution in [-0.2, 0) is 0 Å². The number of carbonyl (C=O) groups is 1. The Bertz CT molecular complexity index is 706. The molecule has 0 aliphatic heterocycles. The van der Waals surface area contributed by atoms with Gasteiger partial charge in [0.2, 0.25) is 0 Å². The zero-order valence-electron chi connectivity index (χ0n) is 14.5. The zero-order chi connectivity index (χ0) is 17.4. The van der Waals surface area contributed by atoms with Gasteiger partial charge in [0.1, 0.15) is 5.75 Å². The number of hydrogen-bond donors (Lipinski definition) is 1. The molecule has 24 heavy (non-hydrogen) atoms. The molecule has 2 aromatic carbocycles. The summed E-state index contributed by atoms with van der Waals surface area (Å²) in [6.07, 6.45) is 3.78. The lowest BCUT2D eigenvalue weighted by Gasteiger charge is -2.06. The fourth-order valence-corrected chi connectivity index (χ4v) is 2.23. The molecule has 0 spiro atoms. The first-order chi connectivity index (χ1) is 11.6. The number of aryl methyl sites for hydroxylation is 2. The van der Waals surface area contributed by atoms with Gasteiger partial charge in [-0.25, -0.2) is 5.43 Å². The first kappa shape index (κ1) is 17.7. The Hall–Kier alpha value is -2.62. The predicted molar refractivity (Wildman–Crippen MR) is 97.8 cm³/mol. The van der Waals surface area contributed by atoms with Crippen LogP contribution >= 0.6 is 0 Å². The van der Waals surface area contributed by atoms with E-state index in [0.717, 1.165) is 29.7 Å². The van der Waals surface area contributed by atoms with Gasteiger partial charge in [-0.15, -0.1) is 0 Å². The second-order valence-corrected chi connectivity index (χ2v) is 5.79. The maximum Gasteiger partial charge on any atom is 0.271 e. The quantitative estimate of drug-likeness (QED) is 0.470. The van der Waals surface area contributed by atoms with E-state index in [1.54, 1.807) is 30.5 Å². The summed E-state index contributed by atoms with van der Waals surface area (Å²) in [6, 6.07) is 13.2. The van der Waals surface area contributed by atoms with Crippen LogP contribution in [0.2, 0.25) is 0 Å². The molecule has 126 valence electrons. The Balaban J connectivity index is 1.91. The summed E-state index contributed by atoms with van der Waals surface area (Å²) in [5.74, 6) is 0.537. The number of rotatable bonds is 7. The summed E-state index contributed by atoms with van der Waals surface area (Å²) in [4.78, 5) is 12.1. The number of nitrogens with one attached hydrogen (secondary N) is 1. The number of amides is 1. The molecule has 0 saturated heterocycles. The SMILES string of the molecule is CCCCOc1ccc(C(=O)N/N=C\c2ccc(C)cc2C)cc1. The molecule has 0 aliphatic rings. The number of nitrogens with zero attached hydrogens (tertiary/aromatic N) is 1. The van der Waals surface area contributed by atoms with E-state index in [0.29, 0.717) is 12.2 Å². The van der Waals surface area contributed by atoms with Crippen molar-refractivity contribution in [3.8, 4) is 5.75 Å². The van der Waals surface area contributed by atoms with Gasteiger partial charge in [0, 0.05) is 5.56 Å². The molecule has 0 atom stereocenters. The molecular weight excluding hydrogens is 300 g/mol. The molecule has 0 unspecified atom stereocenters. The fraction of sp³-hybridized carbons (Fsp3) is 0.300. The number of unbranched alkanes of at least 4 members (excludes halogenated alkanes) is 1. The van der Waals surface area contributed by atoms with E-state index >= 15 is 0 Å². The van der Waals surface area contributed by atoms with Crippen molar-refractivity contribution in [2.75, 3.05) is 6.61 Å². The second-order valence-electron chi connectivity index (χ2n) is 5.79. The van der Waals surface area contributed by atoms with Gasteiger partial charge in [0.05, 0.1) is 12.8 Å². The van der Waals surface area contributed by atoms with Crippen LogP contribution in [0.4, 0.5) is 0 Å². The Labute approximate surface area is 143 Å². The number of hydrogen-bond acceptors (Lipinski definition) is 3. The molecule has 1 N–H and O–H groups in total. The van der Waals surface area contributed by atoms with E-state index in [4.69, 9.17) is 4.74 Å². The van der Waals surface area contributed by atoms with Crippen molar-refractivity contribution in [3.63, 3.8) is 0 Å². The van der Waals surface area contributed by atoms with Gasteiger partial charge in [-0.2, -0.15) is 5.10 Å². The average molecular weight is 324 g/mol. The third-order valence-corrected chi connectivity index (χ3v) is 3.68. The number of carbonyl (C=O) groups excluding carboxylic acids is 1. The van der Waals surface area contributed by atoms with Gasteiger partial charge in [0.25, 0.3) is 5.91 Å². The highest BCUT2D eigenvalue weighted by molar-refractivity contribution is 5.95. The summed E-state index contributed by atoms with van der Waals surface area (Å²) in [7, 11) is 0. The van der Waals surface area contributed by atoms with Crippen LogP contribution in [0, 0.1) is 13.8 Å². The van der Waals surface area contributed by atoms with Crippen LogP contribution in [-0.4, -0.2) is 18.7 Å². The lowest BCUT2D eigenvalue weighted by molar-refractivity contribution is 0.0955. The molecule has 0 bridgehead atoms. The van der Waals surface area contributed by atoms with Crippen LogP contribution in [0.15, 0.2) is 47.6 Å². The summed E-state index contributed by atoms with van der Waals surface area (Å²) in [5.41, 5.74) is 6.42. The van der Waals surface area contributed by atoms with E-state index in [2.05, 4.69) is 23.5 Å². The molecule has 0 heterocycles. The van der Waals surface area contributed by atoms with Crippen molar-refractivity contribution in [2.45, 2.75) is 33.6 Å². The van der Waals surface area contributed by atoms with Crippen LogP contribution in [0.25, 0.3) is 0 Å². The van der Waals surface area contributed by atoms with E-state index in [9.17, 15) is 4.79 Å². The molecule has 4 heteroatoms. The second kappa shape index (κ2) is 8.87. The van der Waals surface area contributed by atoms with Crippen molar-refractivity contribution >= 4 is 12.1 Å². The molecule has 0 radical (unpaired) electrons. The van der Waals surface area contributed by atoms with Gasteiger partial charge in [0.15, 0.2) is 0 Å². The number of benzene rings is 2. The minimum absolute atomic E-state index is 0.240. The van der Waals surface area contributed by atoms with Crippen molar-refractivity contribution in [2.24, 2.45) is 5.10 Å². The predicted octanol–water partition coefficient (Wildman–Crippen LogP) is 4.25. The summed E-state index contributed by atoms with van der Waals surface area (Å²) >= 11 is 0. The molecule has 0 saturated carbocycles. The molecule has 4 nitrogen and oxygen atoms in total. The Morgan fingerprint density at radius 1 is 1.17 bits per heavy atom. The Kier molecular flexibility index (Phi) is 6.55. The summed E-state index contributed by atoms with van der Waals surface area (Å²) in [6.45, 7) is 6.89. The summed E-state index contributed by atoms with van der Waals surface area (Å²) in [5, 5.41) is 4.04. The minimum atomic E-state index is -0.240. The zero-order valence-corrected chi connectivity index (χ0v) is 14.5. The monoisotopic (exact) mass is 324 g/mol. The summed E-state index contributed by atoms with van der Waals surface area (Å²) < 4.78 is 5.58. The molecule has 0 fully saturated rings. The van der Waals surface area contributed by atoms with Crippen molar-refractivity contribution < 1.29 is 9.53 Å².